The average Bonchev–Trinajstić information content (AvgIpc) is 2.47. The van der Waals surface area contributed by atoms with Crippen LogP contribution >= 0.6 is 0 Å². The van der Waals surface area contributed by atoms with Crippen LogP contribution in [0.15, 0.2) is 18.2 Å². The highest BCUT2D eigenvalue weighted by Crippen LogP contribution is 2.38. The van der Waals surface area contributed by atoms with Crippen molar-refractivity contribution in [2.24, 2.45) is 5.92 Å². The van der Waals surface area contributed by atoms with Crippen LogP contribution in [0.1, 0.15) is 47.5 Å². The number of carbonyl (C=O) groups excluding carboxylic acids is 1. The topological polar surface area (TPSA) is 46.5 Å². The van der Waals surface area contributed by atoms with Gasteiger partial charge in [-0.05, 0) is 42.4 Å². The zero-order valence-corrected chi connectivity index (χ0v) is 11.1. The summed E-state index contributed by atoms with van der Waals surface area (Å²) < 4.78 is 18.2. The number of rotatable bonds is 3. The Morgan fingerprint density at radius 1 is 1.42 bits per heavy atom. The lowest BCUT2D eigenvalue weighted by molar-refractivity contribution is 0.0595. The first kappa shape index (κ1) is 14.0. The molecule has 0 amide bonds. The fourth-order valence-electron chi connectivity index (χ4n) is 2.90. The Balaban J connectivity index is 2.31. The zero-order chi connectivity index (χ0) is 13.8. The lowest BCUT2D eigenvalue weighted by Crippen LogP contribution is -2.21. The first-order valence-corrected chi connectivity index (χ1v) is 6.66. The summed E-state index contributed by atoms with van der Waals surface area (Å²) in [6.07, 6.45) is 4.17. The van der Waals surface area contributed by atoms with E-state index in [1.165, 1.54) is 13.2 Å². The number of methoxy groups -OCH3 is 1. The maximum absolute atomic E-state index is 13.6. The standard InChI is InChI=1S/C15H19FO3/c1-19-15(18)13-8-10(6-7-14(13)16)12-5-3-2-4-11(12)9-17/h6-8,11-12,17H,2-5,9H2,1H3/t11-,12-/m0/s1. The summed E-state index contributed by atoms with van der Waals surface area (Å²) in [6.45, 7) is 0.135. The van der Waals surface area contributed by atoms with Crippen molar-refractivity contribution in [3.8, 4) is 0 Å². The van der Waals surface area contributed by atoms with Gasteiger partial charge in [0.2, 0.25) is 0 Å². The minimum Gasteiger partial charge on any atom is -0.465 e. The van der Waals surface area contributed by atoms with Crippen molar-refractivity contribution in [1.29, 1.82) is 0 Å². The summed E-state index contributed by atoms with van der Waals surface area (Å²) in [7, 11) is 1.24. The number of halogens is 1. The van der Waals surface area contributed by atoms with E-state index in [0.29, 0.717) is 0 Å². The van der Waals surface area contributed by atoms with Crippen molar-refractivity contribution in [2.75, 3.05) is 13.7 Å². The van der Waals surface area contributed by atoms with Crippen LogP contribution in [0.25, 0.3) is 0 Å². The van der Waals surface area contributed by atoms with Crippen LogP contribution in [0.5, 0.6) is 0 Å². The smallest absolute Gasteiger partial charge is 0.340 e. The monoisotopic (exact) mass is 266 g/mol. The predicted molar refractivity (Wildman–Crippen MR) is 69.5 cm³/mol. The number of carbonyl (C=O) groups is 1. The highest BCUT2D eigenvalue weighted by molar-refractivity contribution is 5.89. The van der Waals surface area contributed by atoms with Gasteiger partial charge in [0.15, 0.2) is 0 Å². The van der Waals surface area contributed by atoms with Gasteiger partial charge in [-0.2, -0.15) is 0 Å². The second-order valence-corrected chi connectivity index (χ2v) is 5.06. The van der Waals surface area contributed by atoms with E-state index in [9.17, 15) is 14.3 Å². The molecule has 2 atom stereocenters. The van der Waals surface area contributed by atoms with Crippen LogP contribution in [-0.2, 0) is 4.74 Å². The number of aliphatic hydroxyl groups is 1. The molecule has 2 rings (SSSR count). The molecular formula is C15H19FO3. The van der Waals surface area contributed by atoms with Crippen LogP contribution in [0, 0.1) is 11.7 Å². The number of esters is 1. The minimum absolute atomic E-state index is 0.0257. The molecule has 19 heavy (non-hydrogen) atoms. The Morgan fingerprint density at radius 2 is 2.16 bits per heavy atom. The summed E-state index contributed by atoms with van der Waals surface area (Å²) in [6, 6.07) is 4.59. The summed E-state index contributed by atoms with van der Waals surface area (Å²) >= 11 is 0. The molecule has 3 nitrogen and oxygen atoms in total. The highest BCUT2D eigenvalue weighted by Gasteiger charge is 2.27. The third-order valence-electron chi connectivity index (χ3n) is 3.97. The van der Waals surface area contributed by atoms with E-state index in [-0.39, 0.29) is 24.0 Å². The SMILES string of the molecule is COC(=O)c1cc([C@@H]2CCCC[C@H]2CO)ccc1F. The summed E-state index contributed by atoms with van der Waals surface area (Å²) in [4.78, 5) is 11.5. The molecule has 1 aliphatic rings. The van der Waals surface area contributed by atoms with Gasteiger partial charge in [-0.1, -0.05) is 18.9 Å². The van der Waals surface area contributed by atoms with E-state index >= 15 is 0 Å². The first-order valence-electron chi connectivity index (χ1n) is 6.66. The molecule has 0 unspecified atom stereocenters. The highest BCUT2D eigenvalue weighted by atomic mass is 19.1. The molecule has 1 N–H and O–H groups in total. The molecule has 1 aromatic rings. The molecule has 0 saturated heterocycles. The number of aliphatic hydroxyl groups excluding tert-OH is 1. The summed E-state index contributed by atoms with van der Waals surface area (Å²) in [5.41, 5.74) is 0.891. The van der Waals surface area contributed by atoms with Gasteiger partial charge in [-0.25, -0.2) is 9.18 Å². The van der Waals surface area contributed by atoms with Crippen molar-refractivity contribution in [3.05, 3.63) is 35.1 Å². The largest absolute Gasteiger partial charge is 0.465 e. The lowest BCUT2D eigenvalue weighted by atomic mass is 9.75. The average molecular weight is 266 g/mol. The number of hydrogen-bond donors (Lipinski definition) is 1. The van der Waals surface area contributed by atoms with Gasteiger partial charge in [0.1, 0.15) is 5.82 Å². The Kier molecular flexibility index (Phi) is 4.53. The molecule has 0 aromatic heterocycles. The molecule has 0 aliphatic heterocycles. The van der Waals surface area contributed by atoms with Crippen molar-refractivity contribution in [2.45, 2.75) is 31.6 Å². The van der Waals surface area contributed by atoms with E-state index < -0.39 is 11.8 Å². The van der Waals surface area contributed by atoms with Crippen molar-refractivity contribution in [3.63, 3.8) is 0 Å². The minimum atomic E-state index is -0.657. The van der Waals surface area contributed by atoms with Crippen LogP contribution in [-0.4, -0.2) is 24.8 Å². The number of hydrogen-bond acceptors (Lipinski definition) is 3. The van der Waals surface area contributed by atoms with Gasteiger partial charge in [-0.3, -0.25) is 0 Å². The molecule has 1 aromatic carbocycles. The van der Waals surface area contributed by atoms with Crippen LogP contribution < -0.4 is 0 Å². The molecule has 4 heteroatoms. The molecule has 1 fully saturated rings. The van der Waals surface area contributed by atoms with Gasteiger partial charge < -0.3 is 9.84 Å². The van der Waals surface area contributed by atoms with Gasteiger partial charge in [0.25, 0.3) is 0 Å². The van der Waals surface area contributed by atoms with Crippen molar-refractivity contribution < 1.29 is 19.0 Å². The van der Waals surface area contributed by atoms with Gasteiger partial charge >= 0.3 is 5.97 Å². The van der Waals surface area contributed by atoms with Gasteiger partial charge in [0, 0.05) is 6.61 Å². The van der Waals surface area contributed by atoms with E-state index in [4.69, 9.17) is 0 Å². The van der Waals surface area contributed by atoms with Crippen molar-refractivity contribution in [1.82, 2.24) is 0 Å². The fraction of sp³-hybridized carbons (Fsp3) is 0.533. The van der Waals surface area contributed by atoms with Gasteiger partial charge in [-0.15, -0.1) is 0 Å². The normalized spacial score (nSPS) is 23.1. The second-order valence-electron chi connectivity index (χ2n) is 5.06. The molecule has 0 bridgehead atoms. The Labute approximate surface area is 112 Å². The molecule has 0 spiro atoms. The first-order chi connectivity index (χ1) is 9.17. The van der Waals surface area contributed by atoms with E-state index in [0.717, 1.165) is 31.2 Å². The molecule has 104 valence electrons. The Hall–Kier alpha value is -1.42. The van der Waals surface area contributed by atoms with E-state index in [2.05, 4.69) is 4.74 Å². The molecular weight excluding hydrogens is 247 g/mol. The number of ether oxygens (including phenoxy) is 1. The number of benzene rings is 1. The molecule has 1 saturated carbocycles. The maximum atomic E-state index is 13.6. The predicted octanol–water partition coefficient (Wildman–Crippen LogP) is 2.88. The van der Waals surface area contributed by atoms with Crippen LogP contribution in [0.2, 0.25) is 0 Å². The van der Waals surface area contributed by atoms with E-state index in [1.54, 1.807) is 12.1 Å². The van der Waals surface area contributed by atoms with E-state index in [1.807, 2.05) is 0 Å². The summed E-state index contributed by atoms with van der Waals surface area (Å²) in [5.74, 6) is -0.824. The summed E-state index contributed by atoms with van der Waals surface area (Å²) in [5, 5.41) is 9.44. The van der Waals surface area contributed by atoms with Gasteiger partial charge in [0.05, 0.1) is 12.7 Å². The van der Waals surface area contributed by atoms with Crippen molar-refractivity contribution >= 4 is 5.97 Å². The Morgan fingerprint density at radius 3 is 2.84 bits per heavy atom. The fourth-order valence-corrected chi connectivity index (χ4v) is 2.90. The third kappa shape index (κ3) is 2.95. The zero-order valence-electron chi connectivity index (χ0n) is 11.1. The van der Waals surface area contributed by atoms with Crippen LogP contribution in [0.3, 0.4) is 0 Å². The maximum Gasteiger partial charge on any atom is 0.340 e. The second kappa shape index (κ2) is 6.15. The quantitative estimate of drug-likeness (QED) is 0.856. The lowest BCUT2D eigenvalue weighted by Gasteiger charge is -2.30. The molecule has 1 aliphatic carbocycles. The molecule has 0 heterocycles. The molecule has 0 radical (unpaired) electrons. The third-order valence-corrected chi connectivity index (χ3v) is 3.97. The van der Waals surface area contributed by atoms with Crippen LogP contribution in [0.4, 0.5) is 4.39 Å². The Bertz CT molecular complexity index is 459.